The van der Waals surface area contributed by atoms with Gasteiger partial charge in [-0.05, 0) is 75.1 Å². The average molecular weight is 391 g/mol. The van der Waals surface area contributed by atoms with E-state index in [1.54, 1.807) is 0 Å². The van der Waals surface area contributed by atoms with Crippen molar-refractivity contribution in [3.05, 3.63) is 46.5 Å². The Morgan fingerprint density at radius 3 is 2.35 bits per heavy atom. The van der Waals surface area contributed by atoms with E-state index in [0.717, 1.165) is 38.2 Å². The Morgan fingerprint density at radius 2 is 1.73 bits per heavy atom. The second-order valence-corrected chi connectivity index (χ2v) is 8.93. The van der Waals surface area contributed by atoms with Crippen LogP contribution in [0.2, 0.25) is 0 Å². The number of fused-ring (bicyclic) bond motifs is 1. The standard InChI is InChI=1S/C19H22N2O3S2/c1-6-24-15-7-8-16-17(10-15)25-19(20-16)21-26(22,23)18-13(4)11(2)9-12(3)14(18)5/h7-10H,6H2,1-5H3,(H,20,21). The van der Waals surface area contributed by atoms with Crippen LogP contribution in [-0.4, -0.2) is 20.0 Å². The molecule has 7 heteroatoms. The molecular weight excluding hydrogens is 368 g/mol. The summed E-state index contributed by atoms with van der Waals surface area (Å²) in [5.41, 5.74) is 4.18. The second-order valence-electron chi connectivity index (χ2n) is 6.28. The van der Waals surface area contributed by atoms with Gasteiger partial charge in [-0.2, -0.15) is 0 Å². The molecule has 0 saturated heterocycles. The summed E-state index contributed by atoms with van der Waals surface area (Å²) in [6.45, 7) is 10.0. The van der Waals surface area contributed by atoms with E-state index >= 15 is 0 Å². The van der Waals surface area contributed by atoms with Crippen LogP contribution in [0.5, 0.6) is 5.75 Å². The molecule has 0 spiro atoms. The van der Waals surface area contributed by atoms with Crippen molar-refractivity contribution in [3.8, 4) is 5.75 Å². The summed E-state index contributed by atoms with van der Waals surface area (Å²) in [6, 6.07) is 7.56. The fourth-order valence-electron chi connectivity index (χ4n) is 2.95. The third kappa shape index (κ3) is 3.41. The predicted octanol–water partition coefficient (Wildman–Crippen LogP) is 4.73. The van der Waals surface area contributed by atoms with E-state index in [2.05, 4.69) is 9.71 Å². The SMILES string of the molecule is CCOc1ccc2nc(NS(=O)(=O)c3c(C)c(C)cc(C)c3C)sc2c1. The molecule has 0 saturated carbocycles. The van der Waals surface area contributed by atoms with Crippen LogP contribution < -0.4 is 9.46 Å². The van der Waals surface area contributed by atoms with Gasteiger partial charge in [0.25, 0.3) is 10.0 Å². The molecule has 26 heavy (non-hydrogen) atoms. The topological polar surface area (TPSA) is 68.3 Å². The highest BCUT2D eigenvalue weighted by Crippen LogP contribution is 2.32. The number of thiazole rings is 1. The molecule has 0 fully saturated rings. The molecule has 0 aliphatic rings. The molecule has 0 radical (unpaired) electrons. The van der Waals surface area contributed by atoms with Crippen LogP contribution >= 0.6 is 11.3 Å². The van der Waals surface area contributed by atoms with E-state index in [9.17, 15) is 8.42 Å². The Labute approximate surface area is 158 Å². The summed E-state index contributed by atoms with van der Waals surface area (Å²) < 4.78 is 35.1. The fraction of sp³-hybridized carbons (Fsp3) is 0.316. The van der Waals surface area contributed by atoms with Gasteiger partial charge in [-0.15, -0.1) is 0 Å². The summed E-state index contributed by atoms with van der Waals surface area (Å²) in [7, 11) is -3.72. The van der Waals surface area contributed by atoms with Crippen molar-refractivity contribution < 1.29 is 13.2 Å². The first kappa shape index (κ1) is 18.7. The van der Waals surface area contributed by atoms with E-state index in [1.807, 2.05) is 58.9 Å². The molecule has 0 atom stereocenters. The monoisotopic (exact) mass is 390 g/mol. The highest BCUT2D eigenvalue weighted by Gasteiger charge is 2.23. The lowest BCUT2D eigenvalue weighted by molar-refractivity contribution is 0.341. The Hall–Kier alpha value is -2.12. The van der Waals surface area contributed by atoms with Gasteiger partial charge in [-0.25, -0.2) is 13.4 Å². The van der Waals surface area contributed by atoms with Gasteiger partial charge >= 0.3 is 0 Å². The van der Waals surface area contributed by atoms with Gasteiger partial charge < -0.3 is 4.74 Å². The van der Waals surface area contributed by atoms with Crippen LogP contribution in [0.3, 0.4) is 0 Å². The number of aryl methyl sites for hydroxylation is 2. The third-order valence-electron chi connectivity index (χ3n) is 4.46. The van der Waals surface area contributed by atoms with Gasteiger partial charge in [-0.3, -0.25) is 4.72 Å². The minimum atomic E-state index is -3.72. The molecule has 0 amide bonds. The molecule has 0 bridgehead atoms. The Bertz CT molecular complexity index is 1060. The van der Waals surface area contributed by atoms with Crippen molar-refractivity contribution in [2.24, 2.45) is 0 Å². The van der Waals surface area contributed by atoms with Crippen LogP contribution in [0.25, 0.3) is 10.2 Å². The highest BCUT2D eigenvalue weighted by atomic mass is 32.2. The normalized spacial score (nSPS) is 11.7. The van der Waals surface area contributed by atoms with Crippen molar-refractivity contribution in [3.63, 3.8) is 0 Å². The van der Waals surface area contributed by atoms with Crippen molar-refractivity contribution in [2.45, 2.75) is 39.5 Å². The zero-order chi connectivity index (χ0) is 19.1. The summed E-state index contributed by atoms with van der Waals surface area (Å²) >= 11 is 1.30. The summed E-state index contributed by atoms with van der Waals surface area (Å²) in [5.74, 6) is 0.749. The number of ether oxygens (including phenoxy) is 1. The van der Waals surface area contributed by atoms with Gasteiger partial charge in [0, 0.05) is 0 Å². The number of anilines is 1. The number of rotatable bonds is 5. The molecule has 1 N–H and O–H groups in total. The Morgan fingerprint density at radius 1 is 1.08 bits per heavy atom. The average Bonchev–Trinajstić information content (AvgIpc) is 2.94. The minimum absolute atomic E-state index is 0.337. The maximum atomic E-state index is 13.0. The maximum Gasteiger partial charge on any atom is 0.264 e. The lowest BCUT2D eigenvalue weighted by Crippen LogP contribution is -2.16. The minimum Gasteiger partial charge on any atom is -0.494 e. The molecule has 0 aliphatic carbocycles. The number of benzene rings is 2. The molecule has 5 nitrogen and oxygen atoms in total. The van der Waals surface area contributed by atoms with E-state index in [-0.39, 0.29) is 0 Å². The number of hydrogen-bond acceptors (Lipinski definition) is 5. The van der Waals surface area contributed by atoms with E-state index in [1.165, 1.54) is 11.3 Å². The van der Waals surface area contributed by atoms with E-state index in [4.69, 9.17) is 4.74 Å². The first-order chi connectivity index (χ1) is 12.2. The molecular formula is C19H22N2O3S2. The molecule has 138 valence electrons. The zero-order valence-electron chi connectivity index (χ0n) is 15.5. The van der Waals surface area contributed by atoms with Crippen molar-refractivity contribution >= 4 is 36.7 Å². The number of nitrogens with zero attached hydrogens (tertiary/aromatic N) is 1. The van der Waals surface area contributed by atoms with Crippen LogP contribution in [0, 0.1) is 27.7 Å². The molecule has 2 aromatic carbocycles. The van der Waals surface area contributed by atoms with E-state index < -0.39 is 10.0 Å². The predicted molar refractivity (Wildman–Crippen MR) is 107 cm³/mol. The Balaban J connectivity index is 2.02. The van der Waals surface area contributed by atoms with Crippen LogP contribution in [0.4, 0.5) is 5.13 Å². The fourth-order valence-corrected chi connectivity index (χ4v) is 5.70. The molecule has 1 aromatic heterocycles. The first-order valence-corrected chi connectivity index (χ1v) is 10.7. The summed E-state index contributed by atoms with van der Waals surface area (Å²) in [6.07, 6.45) is 0. The molecule has 3 rings (SSSR count). The summed E-state index contributed by atoms with van der Waals surface area (Å²) in [4.78, 5) is 4.74. The zero-order valence-corrected chi connectivity index (χ0v) is 17.1. The molecule has 3 aromatic rings. The lowest BCUT2D eigenvalue weighted by Gasteiger charge is -2.15. The first-order valence-electron chi connectivity index (χ1n) is 8.36. The van der Waals surface area contributed by atoms with E-state index in [0.29, 0.717) is 16.6 Å². The summed E-state index contributed by atoms with van der Waals surface area (Å²) in [5, 5.41) is 0.353. The van der Waals surface area contributed by atoms with Gasteiger partial charge in [0.2, 0.25) is 0 Å². The highest BCUT2D eigenvalue weighted by molar-refractivity contribution is 7.93. The van der Waals surface area contributed by atoms with Crippen LogP contribution in [0.1, 0.15) is 29.2 Å². The maximum absolute atomic E-state index is 13.0. The van der Waals surface area contributed by atoms with Crippen molar-refractivity contribution in [1.82, 2.24) is 4.98 Å². The van der Waals surface area contributed by atoms with Crippen molar-refractivity contribution in [2.75, 3.05) is 11.3 Å². The molecule has 0 unspecified atom stereocenters. The number of aromatic nitrogens is 1. The quantitative estimate of drug-likeness (QED) is 0.684. The van der Waals surface area contributed by atoms with Gasteiger partial charge in [0.15, 0.2) is 5.13 Å². The van der Waals surface area contributed by atoms with Gasteiger partial charge in [0.05, 0.1) is 21.7 Å². The molecule has 0 aliphatic heterocycles. The Kier molecular flexibility index (Phi) is 4.94. The number of nitrogens with one attached hydrogen (secondary N) is 1. The smallest absolute Gasteiger partial charge is 0.264 e. The lowest BCUT2D eigenvalue weighted by atomic mass is 10.0. The molecule has 1 heterocycles. The number of sulfonamides is 1. The van der Waals surface area contributed by atoms with Crippen LogP contribution in [-0.2, 0) is 10.0 Å². The second kappa shape index (κ2) is 6.89. The van der Waals surface area contributed by atoms with Crippen LogP contribution in [0.15, 0.2) is 29.2 Å². The van der Waals surface area contributed by atoms with Crippen molar-refractivity contribution in [1.29, 1.82) is 0 Å². The number of hydrogen-bond donors (Lipinski definition) is 1. The van der Waals surface area contributed by atoms with Gasteiger partial charge in [-0.1, -0.05) is 17.4 Å². The van der Waals surface area contributed by atoms with Gasteiger partial charge in [0.1, 0.15) is 5.75 Å². The largest absolute Gasteiger partial charge is 0.494 e. The third-order valence-corrected chi connectivity index (χ3v) is 7.13.